The van der Waals surface area contributed by atoms with Crippen molar-refractivity contribution in [1.29, 1.82) is 0 Å². The molecule has 1 aliphatic heterocycles. The molecule has 2 amide bonds. The van der Waals surface area contributed by atoms with Crippen LogP contribution in [-0.2, 0) is 10.0 Å². The van der Waals surface area contributed by atoms with Crippen molar-refractivity contribution in [3.8, 4) is 0 Å². The number of fused-ring (bicyclic) bond motifs is 1. The molecule has 1 N–H and O–H groups in total. The number of rotatable bonds is 5. The van der Waals surface area contributed by atoms with E-state index in [4.69, 9.17) is 0 Å². The third-order valence-electron chi connectivity index (χ3n) is 3.66. The van der Waals surface area contributed by atoms with E-state index in [-0.39, 0.29) is 17.7 Å². The lowest BCUT2D eigenvalue weighted by atomic mass is 10.1. The van der Waals surface area contributed by atoms with Crippen LogP contribution in [0.4, 0.5) is 14.5 Å². The fraction of sp³-hybridized carbons (Fsp3) is 0.125. The lowest BCUT2D eigenvalue weighted by molar-refractivity contribution is 0.0664. The Kier molecular flexibility index (Phi) is 4.25. The molecular formula is C16H12F2N2O4S. The molecule has 0 spiro atoms. The van der Waals surface area contributed by atoms with E-state index in [0.717, 1.165) is 17.0 Å². The van der Waals surface area contributed by atoms with Gasteiger partial charge in [0.05, 0.1) is 22.6 Å². The normalized spacial score (nSPS) is 13.9. The number of nitrogens with zero attached hydrogens (tertiary/aromatic N) is 1. The first-order chi connectivity index (χ1) is 11.8. The molecule has 0 unspecified atom stereocenters. The molecule has 0 saturated heterocycles. The van der Waals surface area contributed by atoms with Crippen LogP contribution in [0.2, 0.25) is 0 Å². The van der Waals surface area contributed by atoms with Gasteiger partial charge in [-0.2, -0.15) is 0 Å². The second kappa shape index (κ2) is 6.25. The predicted octanol–water partition coefficient (Wildman–Crippen LogP) is 2.00. The van der Waals surface area contributed by atoms with Crippen LogP contribution in [0.1, 0.15) is 20.7 Å². The number of nitrogens with one attached hydrogen (secondary N) is 1. The lowest BCUT2D eigenvalue weighted by Crippen LogP contribution is -2.35. The van der Waals surface area contributed by atoms with Crippen LogP contribution in [0.15, 0.2) is 42.5 Å². The Morgan fingerprint density at radius 1 is 0.960 bits per heavy atom. The van der Waals surface area contributed by atoms with Gasteiger partial charge in [0.2, 0.25) is 10.0 Å². The molecule has 1 heterocycles. The standard InChI is InChI=1S/C16H12F2N2O4S/c17-10-5-6-14(13(18)9-10)19-25(23,24)8-7-20-15(21)11-3-1-2-4-12(11)16(20)22/h1-6,9,19H,7-8H2. The van der Waals surface area contributed by atoms with E-state index in [2.05, 4.69) is 0 Å². The van der Waals surface area contributed by atoms with Crippen molar-refractivity contribution in [2.75, 3.05) is 17.0 Å². The van der Waals surface area contributed by atoms with E-state index in [1.165, 1.54) is 12.1 Å². The van der Waals surface area contributed by atoms with Gasteiger partial charge in [0.1, 0.15) is 11.6 Å². The average Bonchev–Trinajstić information content (AvgIpc) is 2.80. The van der Waals surface area contributed by atoms with Gasteiger partial charge in [-0.3, -0.25) is 19.2 Å². The Bertz CT molecular complexity index is 941. The van der Waals surface area contributed by atoms with Crippen molar-refractivity contribution in [3.05, 3.63) is 65.2 Å². The first-order valence-corrected chi connectivity index (χ1v) is 8.84. The molecule has 0 atom stereocenters. The summed E-state index contributed by atoms with van der Waals surface area (Å²) in [6, 6.07) is 8.57. The van der Waals surface area contributed by atoms with Gasteiger partial charge in [0.15, 0.2) is 0 Å². The summed E-state index contributed by atoms with van der Waals surface area (Å²) in [4.78, 5) is 25.1. The zero-order valence-electron chi connectivity index (χ0n) is 12.7. The van der Waals surface area contributed by atoms with Gasteiger partial charge in [-0.1, -0.05) is 12.1 Å². The predicted molar refractivity (Wildman–Crippen MR) is 85.6 cm³/mol. The van der Waals surface area contributed by atoms with Crippen molar-refractivity contribution in [2.24, 2.45) is 0 Å². The van der Waals surface area contributed by atoms with Gasteiger partial charge in [-0.05, 0) is 24.3 Å². The molecule has 130 valence electrons. The summed E-state index contributed by atoms with van der Waals surface area (Å²) in [6.07, 6.45) is 0. The van der Waals surface area contributed by atoms with Crippen LogP contribution in [0.3, 0.4) is 0 Å². The molecule has 9 heteroatoms. The number of carbonyl (C=O) groups excluding carboxylic acids is 2. The second-order valence-electron chi connectivity index (χ2n) is 5.35. The smallest absolute Gasteiger partial charge is 0.261 e. The number of anilines is 1. The summed E-state index contributed by atoms with van der Waals surface area (Å²) in [5.41, 5.74) is 0.00799. The van der Waals surface area contributed by atoms with Crippen LogP contribution < -0.4 is 4.72 Å². The Hall–Kier alpha value is -2.81. The fourth-order valence-corrected chi connectivity index (χ4v) is 3.47. The molecule has 25 heavy (non-hydrogen) atoms. The van der Waals surface area contributed by atoms with Gasteiger partial charge in [0, 0.05) is 12.6 Å². The Labute approximate surface area is 142 Å². The van der Waals surface area contributed by atoms with Gasteiger partial charge < -0.3 is 0 Å². The molecule has 0 bridgehead atoms. The van der Waals surface area contributed by atoms with Gasteiger partial charge in [-0.25, -0.2) is 17.2 Å². The van der Waals surface area contributed by atoms with Crippen LogP contribution in [-0.4, -0.2) is 37.4 Å². The maximum absolute atomic E-state index is 13.5. The van der Waals surface area contributed by atoms with E-state index in [1.807, 2.05) is 4.72 Å². The number of imide groups is 1. The summed E-state index contributed by atoms with van der Waals surface area (Å²) < 4.78 is 52.5. The van der Waals surface area contributed by atoms with E-state index in [9.17, 15) is 26.8 Å². The molecular weight excluding hydrogens is 354 g/mol. The molecule has 0 fully saturated rings. The zero-order valence-corrected chi connectivity index (χ0v) is 13.5. The number of sulfonamides is 1. The Morgan fingerprint density at radius 3 is 2.12 bits per heavy atom. The highest BCUT2D eigenvalue weighted by molar-refractivity contribution is 7.92. The highest BCUT2D eigenvalue weighted by atomic mass is 32.2. The third kappa shape index (κ3) is 3.36. The minimum absolute atomic E-state index is 0.211. The van der Waals surface area contributed by atoms with Crippen LogP contribution in [0.25, 0.3) is 0 Å². The average molecular weight is 366 g/mol. The van der Waals surface area contributed by atoms with E-state index in [0.29, 0.717) is 6.07 Å². The molecule has 1 aliphatic rings. The summed E-state index contributed by atoms with van der Waals surface area (Å²) in [5.74, 6) is -3.68. The minimum Gasteiger partial charge on any atom is -0.281 e. The molecule has 0 aromatic heterocycles. The summed E-state index contributed by atoms with van der Waals surface area (Å²) >= 11 is 0. The SMILES string of the molecule is O=C1c2ccccc2C(=O)N1CCS(=O)(=O)Nc1ccc(F)cc1F. The number of benzene rings is 2. The second-order valence-corrected chi connectivity index (χ2v) is 7.19. The van der Waals surface area contributed by atoms with Crippen molar-refractivity contribution < 1.29 is 26.8 Å². The van der Waals surface area contributed by atoms with Crippen molar-refractivity contribution in [3.63, 3.8) is 0 Å². The molecule has 0 aliphatic carbocycles. The van der Waals surface area contributed by atoms with Gasteiger partial charge in [-0.15, -0.1) is 0 Å². The first kappa shape index (κ1) is 17.0. The third-order valence-corrected chi connectivity index (χ3v) is 4.91. The van der Waals surface area contributed by atoms with Crippen LogP contribution in [0.5, 0.6) is 0 Å². The van der Waals surface area contributed by atoms with E-state index >= 15 is 0 Å². The monoisotopic (exact) mass is 366 g/mol. The van der Waals surface area contributed by atoms with Gasteiger partial charge in [0.25, 0.3) is 11.8 Å². The fourth-order valence-electron chi connectivity index (χ4n) is 2.44. The molecule has 0 saturated carbocycles. The highest BCUT2D eigenvalue weighted by Crippen LogP contribution is 2.22. The minimum atomic E-state index is -4.05. The molecule has 2 aromatic rings. The van der Waals surface area contributed by atoms with E-state index < -0.39 is 44.9 Å². The van der Waals surface area contributed by atoms with Crippen LogP contribution >= 0.6 is 0 Å². The number of halogens is 2. The summed E-state index contributed by atoms with van der Waals surface area (Å²) in [5, 5.41) is 0. The topological polar surface area (TPSA) is 83.6 Å². The lowest BCUT2D eigenvalue weighted by Gasteiger charge is -2.15. The Morgan fingerprint density at radius 2 is 1.56 bits per heavy atom. The number of hydrogen-bond donors (Lipinski definition) is 1. The molecule has 2 aromatic carbocycles. The molecule has 3 rings (SSSR count). The van der Waals surface area contributed by atoms with Crippen molar-refractivity contribution in [1.82, 2.24) is 4.90 Å². The van der Waals surface area contributed by atoms with Gasteiger partial charge >= 0.3 is 0 Å². The number of carbonyl (C=O) groups is 2. The summed E-state index contributed by atoms with van der Waals surface area (Å²) in [7, 11) is -4.05. The zero-order chi connectivity index (χ0) is 18.2. The Balaban J connectivity index is 1.71. The maximum atomic E-state index is 13.5. The molecule has 0 radical (unpaired) electrons. The summed E-state index contributed by atoms with van der Waals surface area (Å²) in [6.45, 7) is -0.384. The number of hydrogen-bond acceptors (Lipinski definition) is 4. The van der Waals surface area contributed by atoms with E-state index in [1.54, 1.807) is 12.1 Å². The number of amides is 2. The first-order valence-electron chi connectivity index (χ1n) is 7.19. The van der Waals surface area contributed by atoms with Crippen molar-refractivity contribution >= 4 is 27.5 Å². The quantitative estimate of drug-likeness (QED) is 0.821. The van der Waals surface area contributed by atoms with Crippen molar-refractivity contribution in [2.45, 2.75) is 0 Å². The maximum Gasteiger partial charge on any atom is 0.261 e. The van der Waals surface area contributed by atoms with Crippen LogP contribution in [0, 0.1) is 11.6 Å². The molecule has 6 nitrogen and oxygen atoms in total. The largest absolute Gasteiger partial charge is 0.281 e. The highest BCUT2D eigenvalue weighted by Gasteiger charge is 2.35.